The van der Waals surface area contributed by atoms with Crippen molar-refractivity contribution >= 4 is 22.8 Å². The van der Waals surface area contributed by atoms with Crippen LogP contribution in [0.2, 0.25) is 0 Å². The van der Waals surface area contributed by atoms with Crippen LogP contribution in [0.15, 0.2) is 54.7 Å². The van der Waals surface area contributed by atoms with Gasteiger partial charge in [-0.1, -0.05) is 30.3 Å². The highest BCUT2D eigenvalue weighted by Crippen LogP contribution is 2.19. The van der Waals surface area contributed by atoms with E-state index in [-0.39, 0.29) is 5.91 Å². The number of aryl methyl sites for hydroxylation is 3. The van der Waals surface area contributed by atoms with Gasteiger partial charge in [-0.2, -0.15) is 4.98 Å². The summed E-state index contributed by atoms with van der Waals surface area (Å²) >= 11 is 0. The summed E-state index contributed by atoms with van der Waals surface area (Å²) in [5, 5.41) is 11.0. The van der Waals surface area contributed by atoms with Gasteiger partial charge in [-0.25, -0.2) is 0 Å². The van der Waals surface area contributed by atoms with Crippen molar-refractivity contribution in [3.05, 3.63) is 71.7 Å². The van der Waals surface area contributed by atoms with Crippen LogP contribution in [0.25, 0.3) is 10.9 Å². The average molecular weight is 389 g/mol. The van der Waals surface area contributed by atoms with Gasteiger partial charge in [-0.3, -0.25) is 15.2 Å². The van der Waals surface area contributed by atoms with E-state index in [1.54, 1.807) is 7.11 Å². The van der Waals surface area contributed by atoms with Gasteiger partial charge in [0.1, 0.15) is 11.6 Å². The number of carbonyl (C=O) groups excluding carboxylic acids is 1. The highest BCUT2D eigenvalue weighted by atomic mass is 16.5. The minimum Gasteiger partial charge on any atom is -0.497 e. The lowest BCUT2D eigenvalue weighted by molar-refractivity contribution is -0.116. The maximum absolute atomic E-state index is 12.2. The first-order valence-corrected chi connectivity index (χ1v) is 9.60. The molecular formula is C22H23N5O2. The summed E-state index contributed by atoms with van der Waals surface area (Å²) < 4.78 is 5.14. The van der Waals surface area contributed by atoms with Crippen LogP contribution < -0.4 is 10.1 Å². The van der Waals surface area contributed by atoms with E-state index < -0.39 is 0 Å². The van der Waals surface area contributed by atoms with Crippen molar-refractivity contribution in [1.29, 1.82) is 0 Å². The number of aromatic amines is 2. The van der Waals surface area contributed by atoms with Crippen molar-refractivity contribution in [2.24, 2.45) is 0 Å². The predicted molar refractivity (Wildman–Crippen MR) is 112 cm³/mol. The fraction of sp³-hybridized carbons (Fsp3) is 0.227. The van der Waals surface area contributed by atoms with Crippen LogP contribution in [0.1, 0.15) is 23.4 Å². The van der Waals surface area contributed by atoms with Gasteiger partial charge in [0, 0.05) is 29.9 Å². The van der Waals surface area contributed by atoms with Gasteiger partial charge in [0.2, 0.25) is 11.9 Å². The molecule has 0 saturated heterocycles. The minimum absolute atomic E-state index is 0.108. The Morgan fingerprint density at radius 1 is 1.07 bits per heavy atom. The number of aromatic nitrogens is 4. The Morgan fingerprint density at radius 2 is 1.90 bits per heavy atom. The number of hydrogen-bond donors (Lipinski definition) is 3. The predicted octanol–water partition coefficient (Wildman–Crippen LogP) is 3.65. The quantitative estimate of drug-likeness (QED) is 0.429. The van der Waals surface area contributed by atoms with Gasteiger partial charge in [0.05, 0.1) is 7.11 Å². The molecule has 0 aliphatic carbocycles. The summed E-state index contributed by atoms with van der Waals surface area (Å²) in [5.74, 6) is 1.77. The van der Waals surface area contributed by atoms with Crippen LogP contribution in [0.4, 0.5) is 5.95 Å². The average Bonchev–Trinajstić information content (AvgIpc) is 3.38. The minimum atomic E-state index is -0.108. The molecule has 3 N–H and O–H groups in total. The van der Waals surface area contributed by atoms with Gasteiger partial charge in [-0.15, -0.1) is 5.10 Å². The smallest absolute Gasteiger partial charge is 0.248 e. The fourth-order valence-corrected chi connectivity index (χ4v) is 3.29. The molecule has 29 heavy (non-hydrogen) atoms. The third kappa shape index (κ3) is 4.63. The molecule has 148 valence electrons. The maximum Gasteiger partial charge on any atom is 0.248 e. The maximum atomic E-state index is 12.2. The third-order valence-corrected chi connectivity index (χ3v) is 4.89. The number of nitrogens with zero attached hydrogens (tertiary/aromatic N) is 2. The van der Waals surface area contributed by atoms with Crippen LogP contribution in [0, 0.1) is 0 Å². The van der Waals surface area contributed by atoms with Crippen LogP contribution in [-0.4, -0.2) is 33.2 Å². The van der Waals surface area contributed by atoms with Gasteiger partial charge in [0.25, 0.3) is 0 Å². The number of benzene rings is 2. The molecule has 0 unspecified atom stereocenters. The zero-order valence-corrected chi connectivity index (χ0v) is 16.2. The van der Waals surface area contributed by atoms with E-state index in [2.05, 4.69) is 37.6 Å². The molecule has 0 radical (unpaired) electrons. The van der Waals surface area contributed by atoms with Crippen LogP contribution in [0.5, 0.6) is 5.75 Å². The number of ether oxygens (including phenoxy) is 1. The molecule has 2 aromatic heterocycles. The Labute approximate surface area is 168 Å². The Hall–Kier alpha value is -3.61. The van der Waals surface area contributed by atoms with Crippen molar-refractivity contribution in [1.82, 2.24) is 20.2 Å². The second kappa shape index (κ2) is 8.60. The highest BCUT2D eigenvalue weighted by molar-refractivity contribution is 5.89. The first-order valence-electron chi connectivity index (χ1n) is 9.60. The molecule has 4 rings (SSSR count). The molecule has 0 spiro atoms. The topological polar surface area (TPSA) is 95.7 Å². The molecule has 7 heteroatoms. The van der Waals surface area contributed by atoms with Crippen LogP contribution in [0.3, 0.4) is 0 Å². The van der Waals surface area contributed by atoms with Crippen LogP contribution in [-0.2, 0) is 24.1 Å². The van der Waals surface area contributed by atoms with E-state index in [4.69, 9.17) is 4.74 Å². The summed E-state index contributed by atoms with van der Waals surface area (Å²) in [6.45, 7) is 0. The molecule has 2 heterocycles. The number of rotatable bonds is 8. The summed E-state index contributed by atoms with van der Waals surface area (Å²) in [4.78, 5) is 19.8. The SMILES string of the molecule is COc1ccc(CCC(=O)Nc2n[nH]c(CCc3c[nH]c4ccccc34)n2)cc1. The second-order valence-electron chi connectivity index (χ2n) is 6.86. The Bertz CT molecular complexity index is 1100. The number of fused-ring (bicyclic) bond motifs is 1. The summed E-state index contributed by atoms with van der Waals surface area (Å²) in [6.07, 6.45) is 4.60. The lowest BCUT2D eigenvalue weighted by Gasteiger charge is -2.03. The lowest BCUT2D eigenvalue weighted by Crippen LogP contribution is -2.13. The first-order chi connectivity index (χ1) is 14.2. The number of H-pyrrole nitrogens is 2. The Kier molecular flexibility index (Phi) is 5.56. The van der Waals surface area contributed by atoms with Crippen molar-refractivity contribution in [3.63, 3.8) is 0 Å². The molecule has 0 bridgehead atoms. The fourth-order valence-electron chi connectivity index (χ4n) is 3.29. The summed E-state index contributed by atoms with van der Waals surface area (Å²) in [5.41, 5.74) is 3.45. The number of anilines is 1. The Morgan fingerprint density at radius 3 is 2.72 bits per heavy atom. The summed E-state index contributed by atoms with van der Waals surface area (Å²) in [7, 11) is 1.63. The van der Waals surface area contributed by atoms with E-state index in [9.17, 15) is 4.79 Å². The van der Waals surface area contributed by atoms with Gasteiger partial charge in [0.15, 0.2) is 0 Å². The van der Waals surface area contributed by atoms with Gasteiger partial charge >= 0.3 is 0 Å². The van der Waals surface area contributed by atoms with E-state index in [0.717, 1.165) is 35.5 Å². The molecule has 2 aromatic carbocycles. The number of para-hydroxylation sites is 1. The van der Waals surface area contributed by atoms with Crippen molar-refractivity contribution in [2.45, 2.75) is 25.7 Å². The number of nitrogens with one attached hydrogen (secondary N) is 3. The zero-order valence-electron chi connectivity index (χ0n) is 16.2. The first kappa shape index (κ1) is 18.7. The second-order valence-corrected chi connectivity index (χ2v) is 6.86. The standard InChI is InChI=1S/C22H23N5O2/c1-29-17-10-6-15(7-11-17)8-13-21(28)25-22-24-20(26-27-22)12-9-16-14-23-19-5-3-2-4-18(16)19/h2-7,10-11,14,23H,8-9,12-13H2,1H3,(H2,24,25,26,27,28). The van der Waals surface area contributed by atoms with E-state index in [1.165, 1.54) is 10.9 Å². The molecule has 7 nitrogen and oxygen atoms in total. The number of carbonyl (C=O) groups is 1. The van der Waals surface area contributed by atoms with Crippen molar-refractivity contribution in [3.8, 4) is 5.75 Å². The molecule has 1 amide bonds. The number of methoxy groups -OCH3 is 1. The zero-order chi connectivity index (χ0) is 20.1. The van der Waals surface area contributed by atoms with E-state index in [0.29, 0.717) is 18.8 Å². The number of amides is 1. The van der Waals surface area contributed by atoms with Crippen LogP contribution >= 0.6 is 0 Å². The van der Waals surface area contributed by atoms with Gasteiger partial charge < -0.3 is 9.72 Å². The molecule has 0 aliphatic heterocycles. The van der Waals surface area contributed by atoms with Crippen molar-refractivity contribution < 1.29 is 9.53 Å². The Balaban J connectivity index is 1.27. The molecule has 4 aromatic rings. The molecule has 0 fully saturated rings. The monoisotopic (exact) mass is 389 g/mol. The highest BCUT2D eigenvalue weighted by Gasteiger charge is 2.09. The molecular weight excluding hydrogens is 366 g/mol. The lowest BCUT2D eigenvalue weighted by atomic mass is 10.1. The largest absolute Gasteiger partial charge is 0.497 e. The molecule has 0 saturated carbocycles. The normalized spacial score (nSPS) is 10.9. The number of hydrogen-bond acceptors (Lipinski definition) is 4. The molecule has 0 atom stereocenters. The van der Waals surface area contributed by atoms with E-state index >= 15 is 0 Å². The van der Waals surface area contributed by atoms with E-state index in [1.807, 2.05) is 42.6 Å². The van der Waals surface area contributed by atoms with Crippen molar-refractivity contribution in [2.75, 3.05) is 12.4 Å². The van der Waals surface area contributed by atoms with Gasteiger partial charge in [-0.05, 0) is 42.2 Å². The third-order valence-electron chi connectivity index (χ3n) is 4.89. The summed E-state index contributed by atoms with van der Waals surface area (Å²) in [6, 6.07) is 15.9. The molecule has 0 aliphatic rings.